The number of hydrogen-bond acceptors (Lipinski definition) is 1. The van der Waals surface area contributed by atoms with Gasteiger partial charge in [0.25, 0.3) is 0 Å². The van der Waals surface area contributed by atoms with Gasteiger partial charge in [0.1, 0.15) is 11.6 Å². The Hall–Kier alpha value is -0.740. The summed E-state index contributed by atoms with van der Waals surface area (Å²) < 4.78 is 26.7. The molecule has 0 heterocycles. The van der Waals surface area contributed by atoms with Gasteiger partial charge in [-0.3, -0.25) is 0 Å². The maximum Gasteiger partial charge on any atom is 0.133 e. The van der Waals surface area contributed by atoms with Crippen LogP contribution in [-0.4, -0.2) is 5.11 Å². The van der Waals surface area contributed by atoms with Crippen molar-refractivity contribution in [1.82, 2.24) is 0 Å². The van der Waals surface area contributed by atoms with Crippen LogP contribution in [0, 0.1) is 11.6 Å². The number of halogens is 3. The number of aliphatic hydroxyl groups is 1. The van der Waals surface area contributed by atoms with Gasteiger partial charge in [-0.05, 0) is 18.6 Å². The smallest absolute Gasteiger partial charge is 0.133 e. The van der Waals surface area contributed by atoms with E-state index < -0.39 is 17.7 Å². The number of hydrogen-bond donors (Lipinski definition) is 1. The maximum absolute atomic E-state index is 13.2. The lowest BCUT2D eigenvalue weighted by molar-refractivity contribution is 0.171. The Morgan fingerprint density at radius 1 is 1.43 bits per heavy atom. The highest BCUT2D eigenvalue weighted by Crippen LogP contribution is 2.26. The molecule has 4 heteroatoms. The van der Waals surface area contributed by atoms with Gasteiger partial charge < -0.3 is 5.11 Å². The van der Waals surface area contributed by atoms with Gasteiger partial charge in [0, 0.05) is 4.47 Å². The molecule has 0 aromatic heterocycles. The first-order valence-corrected chi connectivity index (χ1v) is 4.79. The summed E-state index contributed by atoms with van der Waals surface area (Å²) in [5, 5.41) is 9.41. The Morgan fingerprint density at radius 3 is 2.36 bits per heavy atom. The summed E-state index contributed by atoms with van der Waals surface area (Å²) in [6.45, 7) is 3.39. The monoisotopic (exact) mass is 262 g/mol. The van der Waals surface area contributed by atoms with E-state index in [1.807, 2.05) is 0 Å². The second kappa shape index (κ2) is 4.66. The van der Waals surface area contributed by atoms with Crippen molar-refractivity contribution in [2.24, 2.45) is 0 Å². The molecular formula is C10H9BrF2O. The molecule has 0 bridgehead atoms. The molecule has 0 spiro atoms. The molecule has 0 aliphatic carbocycles. The number of rotatable bonds is 3. The molecule has 1 aromatic rings. The van der Waals surface area contributed by atoms with E-state index in [-0.39, 0.29) is 12.0 Å². The minimum atomic E-state index is -1.18. The third kappa shape index (κ3) is 2.39. The Labute approximate surface area is 89.2 Å². The van der Waals surface area contributed by atoms with Crippen LogP contribution in [0.4, 0.5) is 8.78 Å². The third-order valence-electron chi connectivity index (χ3n) is 1.77. The van der Waals surface area contributed by atoms with E-state index in [0.717, 1.165) is 12.1 Å². The van der Waals surface area contributed by atoms with E-state index in [2.05, 4.69) is 22.5 Å². The highest BCUT2D eigenvalue weighted by atomic mass is 79.9. The van der Waals surface area contributed by atoms with Gasteiger partial charge in [-0.2, -0.15) is 0 Å². The van der Waals surface area contributed by atoms with E-state index in [9.17, 15) is 13.9 Å². The zero-order chi connectivity index (χ0) is 10.7. The zero-order valence-corrected chi connectivity index (χ0v) is 8.89. The van der Waals surface area contributed by atoms with Crippen molar-refractivity contribution < 1.29 is 13.9 Å². The quantitative estimate of drug-likeness (QED) is 0.829. The van der Waals surface area contributed by atoms with Gasteiger partial charge >= 0.3 is 0 Å². The largest absolute Gasteiger partial charge is 0.388 e. The lowest BCUT2D eigenvalue weighted by atomic mass is 10.1. The summed E-state index contributed by atoms with van der Waals surface area (Å²) in [7, 11) is 0. The van der Waals surface area contributed by atoms with Crippen molar-refractivity contribution in [1.29, 1.82) is 0 Å². The first-order chi connectivity index (χ1) is 6.56. The Kier molecular flexibility index (Phi) is 3.77. The van der Waals surface area contributed by atoms with Crippen molar-refractivity contribution in [3.05, 3.63) is 46.5 Å². The predicted octanol–water partition coefficient (Wildman–Crippen LogP) is 3.34. The fourth-order valence-electron chi connectivity index (χ4n) is 1.15. The fourth-order valence-corrected chi connectivity index (χ4v) is 1.55. The van der Waals surface area contributed by atoms with Crippen molar-refractivity contribution >= 4 is 15.9 Å². The standard InChI is InChI=1S/C10H9BrF2O/c1-2-3-9(14)10-7(12)4-6(11)5-8(10)13/h2,4-5,9,14H,1,3H2. The van der Waals surface area contributed by atoms with E-state index in [1.165, 1.54) is 6.08 Å². The minimum Gasteiger partial charge on any atom is -0.388 e. The zero-order valence-electron chi connectivity index (χ0n) is 7.30. The highest BCUT2D eigenvalue weighted by Gasteiger charge is 2.17. The molecule has 1 aromatic carbocycles. The second-order valence-corrected chi connectivity index (χ2v) is 3.74. The first kappa shape index (κ1) is 11.3. The molecule has 1 rings (SSSR count). The van der Waals surface area contributed by atoms with Crippen LogP contribution in [0.5, 0.6) is 0 Å². The summed E-state index contributed by atoms with van der Waals surface area (Å²) >= 11 is 2.95. The van der Waals surface area contributed by atoms with Crippen LogP contribution in [0.1, 0.15) is 18.1 Å². The lowest BCUT2D eigenvalue weighted by Crippen LogP contribution is -2.03. The fraction of sp³-hybridized carbons (Fsp3) is 0.200. The average molecular weight is 263 g/mol. The average Bonchev–Trinajstić information content (AvgIpc) is 2.01. The molecule has 1 nitrogen and oxygen atoms in total. The molecule has 0 aliphatic heterocycles. The predicted molar refractivity (Wildman–Crippen MR) is 53.8 cm³/mol. The third-order valence-corrected chi connectivity index (χ3v) is 2.22. The van der Waals surface area contributed by atoms with Crippen molar-refractivity contribution in [3.63, 3.8) is 0 Å². The molecule has 14 heavy (non-hydrogen) atoms. The SMILES string of the molecule is C=CCC(O)c1c(F)cc(Br)cc1F. The molecule has 0 amide bonds. The highest BCUT2D eigenvalue weighted by molar-refractivity contribution is 9.10. The van der Waals surface area contributed by atoms with Gasteiger partial charge in [0.05, 0.1) is 11.7 Å². The lowest BCUT2D eigenvalue weighted by Gasteiger charge is -2.10. The van der Waals surface area contributed by atoms with E-state index >= 15 is 0 Å². The Bertz CT molecular complexity index is 329. The van der Waals surface area contributed by atoms with Gasteiger partial charge in [-0.15, -0.1) is 6.58 Å². The van der Waals surface area contributed by atoms with E-state index in [1.54, 1.807) is 0 Å². The number of benzene rings is 1. The van der Waals surface area contributed by atoms with Crippen LogP contribution in [0.3, 0.4) is 0 Å². The van der Waals surface area contributed by atoms with Crippen molar-refractivity contribution in [2.45, 2.75) is 12.5 Å². The molecular weight excluding hydrogens is 254 g/mol. The summed E-state index contributed by atoms with van der Waals surface area (Å²) in [5.74, 6) is -1.52. The molecule has 0 saturated heterocycles. The van der Waals surface area contributed by atoms with Crippen LogP contribution in [0.2, 0.25) is 0 Å². The van der Waals surface area contributed by atoms with Crippen molar-refractivity contribution in [3.8, 4) is 0 Å². The van der Waals surface area contributed by atoms with E-state index in [0.29, 0.717) is 4.47 Å². The molecule has 0 fully saturated rings. The summed E-state index contributed by atoms with van der Waals surface area (Å²) in [5.41, 5.74) is -0.312. The van der Waals surface area contributed by atoms with Gasteiger partial charge in [0.2, 0.25) is 0 Å². The molecule has 0 radical (unpaired) electrons. The first-order valence-electron chi connectivity index (χ1n) is 3.99. The summed E-state index contributed by atoms with van der Waals surface area (Å²) in [4.78, 5) is 0. The summed E-state index contributed by atoms with van der Waals surface area (Å²) in [6, 6.07) is 2.23. The normalized spacial score (nSPS) is 12.6. The second-order valence-electron chi connectivity index (χ2n) is 2.82. The Morgan fingerprint density at radius 2 is 1.93 bits per heavy atom. The van der Waals surface area contributed by atoms with Crippen molar-refractivity contribution in [2.75, 3.05) is 0 Å². The maximum atomic E-state index is 13.2. The van der Waals surface area contributed by atoms with Gasteiger partial charge in [-0.1, -0.05) is 22.0 Å². The minimum absolute atomic E-state index is 0.121. The van der Waals surface area contributed by atoms with Gasteiger partial charge in [-0.25, -0.2) is 8.78 Å². The number of aliphatic hydroxyl groups excluding tert-OH is 1. The molecule has 76 valence electrons. The topological polar surface area (TPSA) is 20.2 Å². The van der Waals surface area contributed by atoms with E-state index in [4.69, 9.17) is 0 Å². The molecule has 0 aliphatic rings. The molecule has 1 atom stereocenters. The molecule has 1 N–H and O–H groups in total. The van der Waals surface area contributed by atoms with Crippen LogP contribution >= 0.6 is 15.9 Å². The Balaban J connectivity index is 3.13. The van der Waals surface area contributed by atoms with Crippen LogP contribution in [0.15, 0.2) is 29.3 Å². The molecule has 1 unspecified atom stereocenters. The van der Waals surface area contributed by atoms with Crippen LogP contribution in [-0.2, 0) is 0 Å². The van der Waals surface area contributed by atoms with Crippen LogP contribution in [0.25, 0.3) is 0 Å². The van der Waals surface area contributed by atoms with Gasteiger partial charge in [0.15, 0.2) is 0 Å². The molecule has 0 saturated carbocycles. The van der Waals surface area contributed by atoms with Crippen LogP contribution < -0.4 is 0 Å². The summed E-state index contributed by atoms with van der Waals surface area (Å²) in [6.07, 6.45) is 0.349.